The second-order valence-electron chi connectivity index (χ2n) is 4.64. The number of anilines is 1. The maximum absolute atomic E-state index is 12.5. The van der Waals surface area contributed by atoms with Gasteiger partial charge in [0.25, 0.3) is 5.78 Å². The summed E-state index contributed by atoms with van der Waals surface area (Å²) in [4.78, 5) is 11.3. The molecule has 0 fully saturated rings. The first kappa shape index (κ1) is 16.6. The van der Waals surface area contributed by atoms with Gasteiger partial charge in [-0.25, -0.2) is 0 Å². The number of hydrogen-bond donors (Lipinski definition) is 1. The van der Waals surface area contributed by atoms with Crippen LogP contribution in [0.2, 0.25) is 0 Å². The lowest BCUT2D eigenvalue weighted by Gasteiger charge is -2.13. The van der Waals surface area contributed by atoms with E-state index in [4.69, 9.17) is 4.74 Å². The summed E-state index contributed by atoms with van der Waals surface area (Å²) in [5.74, 6) is -1.38. The molecular weight excluding hydrogens is 307 g/mol. The molecule has 0 aliphatic carbocycles. The number of benzene rings is 2. The molecule has 0 atom stereocenters. The van der Waals surface area contributed by atoms with E-state index in [1.54, 1.807) is 54.6 Å². The number of halogens is 3. The van der Waals surface area contributed by atoms with E-state index in [0.717, 1.165) is 0 Å². The lowest BCUT2D eigenvalue weighted by atomic mass is 10.1. The zero-order valence-corrected chi connectivity index (χ0v) is 12.2. The van der Waals surface area contributed by atoms with Crippen LogP contribution in [0.25, 0.3) is 5.70 Å². The lowest BCUT2D eigenvalue weighted by Crippen LogP contribution is -2.21. The van der Waals surface area contributed by atoms with Crippen molar-refractivity contribution in [3.63, 3.8) is 0 Å². The molecule has 2 aromatic rings. The molecule has 0 unspecified atom stereocenters. The molecule has 3 nitrogen and oxygen atoms in total. The number of ether oxygens (including phenoxy) is 1. The Bertz CT molecular complexity index is 709. The Morgan fingerprint density at radius 2 is 1.78 bits per heavy atom. The molecule has 6 heteroatoms. The van der Waals surface area contributed by atoms with E-state index in [0.29, 0.717) is 23.1 Å². The number of alkyl halides is 3. The minimum atomic E-state index is -4.92. The number of allylic oxidation sites excluding steroid dienone is 1. The van der Waals surface area contributed by atoms with Crippen molar-refractivity contribution in [1.29, 1.82) is 0 Å². The molecule has 0 amide bonds. The fourth-order valence-corrected chi connectivity index (χ4v) is 1.88. The molecule has 0 radical (unpaired) electrons. The average molecular weight is 321 g/mol. The maximum atomic E-state index is 12.5. The fraction of sp³-hybridized carbons (Fsp3) is 0.118. The zero-order chi connectivity index (χ0) is 16.9. The Labute approximate surface area is 131 Å². The van der Waals surface area contributed by atoms with Gasteiger partial charge in [0.15, 0.2) is 0 Å². The van der Waals surface area contributed by atoms with Crippen LogP contribution in [-0.2, 0) is 4.79 Å². The van der Waals surface area contributed by atoms with Crippen molar-refractivity contribution in [1.82, 2.24) is 0 Å². The summed E-state index contributed by atoms with van der Waals surface area (Å²) in [6, 6.07) is 15.0. The Morgan fingerprint density at radius 3 is 2.39 bits per heavy atom. The van der Waals surface area contributed by atoms with Gasteiger partial charge in [-0.05, 0) is 17.7 Å². The predicted octanol–water partition coefficient (Wildman–Crippen LogP) is 4.28. The predicted molar refractivity (Wildman–Crippen MR) is 82.1 cm³/mol. The van der Waals surface area contributed by atoms with Crippen molar-refractivity contribution in [2.75, 3.05) is 12.4 Å². The van der Waals surface area contributed by atoms with E-state index in [9.17, 15) is 18.0 Å². The van der Waals surface area contributed by atoms with Gasteiger partial charge in [-0.1, -0.05) is 36.4 Å². The molecule has 0 aliphatic heterocycles. The van der Waals surface area contributed by atoms with E-state index >= 15 is 0 Å². The minimum Gasteiger partial charge on any atom is -0.497 e. The average Bonchev–Trinajstić information content (AvgIpc) is 2.54. The van der Waals surface area contributed by atoms with Crippen molar-refractivity contribution >= 4 is 17.2 Å². The SMILES string of the molecule is COc1cccc(N/C(=C\C(=O)C(F)(F)F)c2ccccc2)c1. The molecule has 0 heterocycles. The van der Waals surface area contributed by atoms with E-state index < -0.39 is 12.0 Å². The van der Waals surface area contributed by atoms with Crippen LogP contribution in [0.3, 0.4) is 0 Å². The Kier molecular flexibility index (Phi) is 5.05. The lowest BCUT2D eigenvalue weighted by molar-refractivity contribution is -0.165. The molecule has 0 spiro atoms. The molecule has 2 aromatic carbocycles. The monoisotopic (exact) mass is 321 g/mol. The third-order valence-electron chi connectivity index (χ3n) is 2.99. The molecular formula is C17H14F3NO2. The first-order valence-electron chi connectivity index (χ1n) is 6.69. The highest BCUT2D eigenvalue weighted by atomic mass is 19.4. The number of hydrogen-bond acceptors (Lipinski definition) is 3. The van der Waals surface area contributed by atoms with Crippen LogP contribution in [0, 0.1) is 0 Å². The number of nitrogens with one attached hydrogen (secondary N) is 1. The highest BCUT2D eigenvalue weighted by Crippen LogP contribution is 2.24. The van der Waals surface area contributed by atoms with E-state index in [-0.39, 0.29) is 5.70 Å². The quantitative estimate of drug-likeness (QED) is 0.835. The van der Waals surface area contributed by atoms with Crippen LogP contribution >= 0.6 is 0 Å². The second kappa shape index (κ2) is 7.00. The number of ketones is 1. The summed E-state index contributed by atoms with van der Waals surface area (Å²) < 4.78 is 42.7. The highest BCUT2D eigenvalue weighted by molar-refractivity contribution is 6.02. The Hall–Kier alpha value is -2.76. The zero-order valence-electron chi connectivity index (χ0n) is 12.2. The van der Waals surface area contributed by atoms with Gasteiger partial charge in [-0.15, -0.1) is 0 Å². The minimum absolute atomic E-state index is 0.0566. The van der Waals surface area contributed by atoms with Crippen molar-refractivity contribution in [3.8, 4) is 5.75 Å². The van der Waals surface area contributed by atoms with Gasteiger partial charge in [-0.3, -0.25) is 4.79 Å². The summed E-state index contributed by atoms with van der Waals surface area (Å²) in [5.41, 5.74) is 1.03. The van der Waals surface area contributed by atoms with Gasteiger partial charge < -0.3 is 10.1 Å². The van der Waals surface area contributed by atoms with Crippen LogP contribution in [0.5, 0.6) is 5.75 Å². The first-order valence-corrected chi connectivity index (χ1v) is 6.69. The van der Waals surface area contributed by atoms with Gasteiger partial charge >= 0.3 is 6.18 Å². The van der Waals surface area contributed by atoms with Crippen LogP contribution in [0.15, 0.2) is 60.7 Å². The molecule has 0 bridgehead atoms. The van der Waals surface area contributed by atoms with Gasteiger partial charge in [0.2, 0.25) is 0 Å². The molecule has 2 rings (SSSR count). The number of methoxy groups -OCH3 is 1. The molecule has 0 saturated carbocycles. The van der Waals surface area contributed by atoms with Crippen molar-refractivity contribution < 1.29 is 22.7 Å². The maximum Gasteiger partial charge on any atom is 0.454 e. The Balaban J connectivity index is 2.38. The summed E-state index contributed by atoms with van der Waals surface area (Å²) in [5, 5.41) is 2.83. The summed E-state index contributed by atoms with van der Waals surface area (Å²) in [6.07, 6.45) is -4.37. The fourth-order valence-electron chi connectivity index (χ4n) is 1.88. The largest absolute Gasteiger partial charge is 0.497 e. The van der Waals surface area contributed by atoms with E-state index in [2.05, 4.69) is 5.32 Å². The molecule has 1 N–H and O–H groups in total. The summed E-state index contributed by atoms with van der Waals surface area (Å²) in [7, 11) is 1.49. The Morgan fingerprint density at radius 1 is 1.09 bits per heavy atom. The van der Waals surface area contributed by atoms with E-state index in [1.165, 1.54) is 7.11 Å². The van der Waals surface area contributed by atoms with Crippen molar-refractivity contribution in [2.24, 2.45) is 0 Å². The summed E-state index contributed by atoms with van der Waals surface area (Å²) in [6.45, 7) is 0. The summed E-state index contributed by atoms with van der Waals surface area (Å²) >= 11 is 0. The number of rotatable bonds is 5. The molecule has 0 saturated heterocycles. The second-order valence-corrected chi connectivity index (χ2v) is 4.64. The third-order valence-corrected chi connectivity index (χ3v) is 2.99. The van der Waals surface area contributed by atoms with Gasteiger partial charge in [-0.2, -0.15) is 13.2 Å². The molecule has 23 heavy (non-hydrogen) atoms. The van der Waals surface area contributed by atoms with Gasteiger partial charge in [0.05, 0.1) is 7.11 Å². The van der Waals surface area contributed by atoms with Crippen LogP contribution in [0.4, 0.5) is 18.9 Å². The number of carbonyl (C=O) groups is 1. The van der Waals surface area contributed by atoms with Crippen LogP contribution in [-0.4, -0.2) is 19.1 Å². The van der Waals surface area contributed by atoms with Gasteiger partial charge in [0, 0.05) is 23.5 Å². The molecule has 120 valence electrons. The topological polar surface area (TPSA) is 38.3 Å². The third kappa shape index (κ3) is 4.60. The highest BCUT2D eigenvalue weighted by Gasteiger charge is 2.36. The van der Waals surface area contributed by atoms with Crippen LogP contribution in [0.1, 0.15) is 5.56 Å². The van der Waals surface area contributed by atoms with Crippen molar-refractivity contribution in [3.05, 3.63) is 66.2 Å². The first-order chi connectivity index (χ1) is 10.9. The number of carbonyl (C=O) groups excluding carboxylic acids is 1. The van der Waals surface area contributed by atoms with Crippen molar-refractivity contribution in [2.45, 2.75) is 6.18 Å². The van der Waals surface area contributed by atoms with E-state index in [1.807, 2.05) is 0 Å². The smallest absolute Gasteiger partial charge is 0.454 e. The standard InChI is InChI=1S/C17H14F3NO2/c1-23-14-9-5-8-13(10-14)21-15(11-16(22)17(18,19)20)12-6-3-2-4-7-12/h2-11,21H,1H3/b15-11-. The van der Waals surface area contributed by atoms with Crippen LogP contribution < -0.4 is 10.1 Å². The molecule has 0 aromatic heterocycles. The normalized spacial score (nSPS) is 11.9. The van der Waals surface area contributed by atoms with Gasteiger partial charge in [0.1, 0.15) is 5.75 Å². The molecule has 0 aliphatic rings.